The van der Waals surface area contributed by atoms with Crippen molar-refractivity contribution in [2.45, 2.75) is 77.0 Å². The average Bonchev–Trinajstić information content (AvgIpc) is 2.70. The lowest BCUT2D eigenvalue weighted by Crippen LogP contribution is -2.13. The zero-order valence-electron chi connectivity index (χ0n) is 16.4. The minimum Gasteiger partial charge on any atom is -0.225 e. The summed E-state index contributed by atoms with van der Waals surface area (Å²) in [5.41, 5.74) is 3.43. The molecule has 2 aromatic rings. The van der Waals surface area contributed by atoms with Crippen molar-refractivity contribution in [1.82, 2.24) is 4.98 Å². The molecule has 0 amide bonds. The molecule has 27 heavy (non-hydrogen) atoms. The van der Waals surface area contributed by atoms with Gasteiger partial charge in [-0.1, -0.05) is 56.9 Å². The minimum absolute atomic E-state index is 0.673. The van der Waals surface area contributed by atoms with E-state index in [-0.39, 0.29) is 0 Å². The Balaban J connectivity index is 1.47. The van der Waals surface area contributed by atoms with E-state index in [0.29, 0.717) is 12.3 Å². The van der Waals surface area contributed by atoms with Crippen LogP contribution in [0.4, 0.5) is 8.78 Å². The first-order valence-electron chi connectivity index (χ1n) is 10.5. The van der Waals surface area contributed by atoms with Gasteiger partial charge in [0.15, 0.2) is 5.82 Å². The number of pyridine rings is 1. The topological polar surface area (TPSA) is 12.9 Å². The average molecular weight is 372 g/mol. The molecule has 0 radical (unpaired) electrons. The minimum atomic E-state index is -1.02. The lowest BCUT2D eigenvalue weighted by atomic mass is 9.77. The van der Waals surface area contributed by atoms with Crippen molar-refractivity contribution in [2.24, 2.45) is 5.92 Å². The lowest BCUT2D eigenvalue weighted by Gasteiger charge is -2.29. The standard InChI is InChI=1S/C24H31F2N/c1-2-3-4-5-18-8-12-21(13-9-18)22-14-10-19(11-15-22)6-7-20-16-23(25)24(26)27-17-20/h10-11,14-18,21H,2-9,12-13H2,1H3. The van der Waals surface area contributed by atoms with E-state index in [0.717, 1.165) is 17.9 Å². The number of aromatic nitrogens is 1. The first-order valence-corrected chi connectivity index (χ1v) is 10.5. The number of hydrogen-bond acceptors (Lipinski definition) is 1. The second-order valence-corrected chi connectivity index (χ2v) is 8.07. The van der Waals surface area contributed by atoms with E-state index in [1.54, 1.807) is 0 Å². The molecule has 0 bridgehead atoms. The van der Waals surface area contributed by atoms with E-state index in [2.05, 4.69) is 36.2 Å². The Labute approximate surface area is 162 Å². The molecule has 1 heterocycles. The molecule has 1 fully saturated rings. The number of nitrogens with zero attached hydrogens (tertiary/aromatic N) is 1. The number of halogens is 2. The summed E-state index contributed by atoms with van der Waals surface area (Å²) in [5, 5.41) is 0. The van der Waals surface area contributed by atoms with Crippen LogP contribution >= 0.6 is 0 Å². The molecule has 3 heteroatoms. The van der Waals surface area contributed by atoms with E-state index >= 15 is 0 Å². The van der Waals surface area contributed by atoms with Crippen molar-refractivity contribution >= 4 is 0 Å². The first kappa shape index (κ1) is 20.0. The van der Waals surface area contributed by atoms with Gasteiger partial charge in [0.2, 0.25) is 5.95 Å². The third kappa shape index (κ3) is 5.85. The highest BCUT2D eigenvalue weighted by atomic mass is 19.2. The molecule has 0 spiro atoms. The molecule has 0 saturated heterocycles. The van der Waals surface area contributed by atoms with Crippen LogP contribution in [0.1, 0.15) is 80.9 Å². The lowest BCUT2D eigenvalue weighted by molar-refractivity contribution is 0.303. The summed E-state index contributed by atoms with van der Waals surface area (Å²) in [5.74, 6) is -0.245. The van der Waals surface area contributed by atoms with Crippen LogP contribution in [0.2, 0.25) is 0 Å². The third-order valence-electron chi connectivity index (χ3n) is 6.07. The van der Waals surface area contributed by atoms with E-state index in [9.17, 15) is 8.78 Å². The van der Waals surface area contributed by atoms with Gasteiger partial charge in [-0.3, -0.25) is 0 Å². The number of rotatable bonds is 8. The highest BCUT2D eigenvalue weighted by Gasteiger charge is 2.21. The van der Waals surface area contributed by atoms with Crippen molar-refractivity contribution in [3.63, 3.8) is 0 Å². The molecular formula is C24H31F2N. The summed E-state index contributed by atoms with van der Waals surface area (Å²) >= 11 is 0. The van der Waals surface area contributed by atoms with E-state index in [4.69, 9.17) is 0 Å². The highest BCUT2D eigenvalue weighted by molar-refractivity contribution is 5.27. The summed E-state index contributed by atoms with van der Waals surface area (Å²) in [6, 6.07) is 10.2. The molecule has 146 valence electrons. The monoisotopic (exact) mass is 371 g/mol. The number of hydrogen-bond donors (Lipinski definition) is 0. The molecule has 1 nitrogen and oxygen atoms in total. The molecule has 1 saturated carbocycles. The Morgan fingerprint density at radius 1 is 0.926 bits per heavy atom. The summed E-state index contributed by atoms with van der Waals surface area (Å²) in [6.07, 6.45) is 13.8. The maximum absolute atomic E-state index is 13.2. The van der Waals surface area contributed by atoms with Gasteiger partial charge in [0.1, 0.15) is 0 Å². The fourth-order valence-corrected chi connectivity index (χ4v) is 4.31. The van der Waals surface area contributed by atoms with Crippen molar-refractivity contribution in [2.75, 3.05) is 0 Å². The second kappa shape index (κ2) is 9.96. The van der Waals surface area contributed by atoms with Gasteiger partial charge in [-0.2, -0.15) is 4.39 Å². The predicted molar refractivity (Wildman–Crippen MR) is 107 cm³/mol. The second-order valence-electron chi connectivity index (χ2n) is 8.07. The molecular weight excluding hydrogens is 340 g/mol. The Morgan fingerprint density at radius 3 is 2.30 bits per heavy atom. The van der Waals surface area contributed by atoms with Crippen LogP contribution in [0.15, 0.2) is 36.5 Å². The van der Waals surface area contributed by atoms with Gasteiger partial charge in [0.05, 0.1) is 0 Å². The van der Waals surface area contributed by atoms with Crippen LogP contribution in [0, 0.1) is 17.7 Å². The molecule has 1 aliphatic carbocycles. The molecule has 1 aromatic carbocycles. The maximum Gasteiger partial charge on any atom is 0.248 e. The summed E-state index contributed by atoms with van der Waals surface area (Å²) in [7, 11) is 0. The van der Waals surface area contributed by atoms with Gasteiger partial charge in [-0.25, -0.2) is 9.37 Å². The van der Waals surface area contributed by atoms with Gasteiger partial charge in [-0.15, -0.1) is 0 Å². The molecule has 1 aromatic heterocycles. The van der Waals surface area contributed by atoms with Gasteiger partial charge in [-0.05, 0) is 73.1 Å². The molecule has 0 aliphatic heterocycles. The summed E-state index contributed by atoms with van der Waals surface area (Å²) < 4.78 is 26.1. The van der Waals surface area contributed by atoms with Crippen LogP contribution in [0.25, 0.3) is 0 Å². The molecule has 0 atom stereocenters. The van der Waals surface area contributed by atoms with Crippen LogP contribution in [-0.4, -0.2) is 4.98 Å². The van der Waals surface area contributed by atoms with Crippen molar-refractivity contribution in [1.29, 1.82) is 0 Å². The van der Waals surface area contributed by atoms with Gasteiger partial charge in [0.25, 0.3) is 0 Å². The fourth-order valence-electron chi connectivity index (χ4n) is 4.31. The zero-order chi connectivity index (χ0) is 19.1. The van der Waals surface area contributed by atoms with Crippen molar-refractivity contribution in [3.8, 4) is 0 Å². The van der Waals surface area contributed by atoms with Crippen molar-refractivity contribution < 1.29 is 8.78 Å². The quantitative estimate of drug-likeness (QED) is 0.359. The van der Waals surface area contributed by atoms with E-state index < -0.39 is 11.8 Å². The van der Waals surface area contributed by atoms with Crippen LogP contribution in [0.5, 0.6) is 0 Å². The number of aryl methyl sites for hydroxylation is 2. The Morgan fingerprint density at radius 2 is 1.63 bits per heavy atom. The normalized spacial score (nSPS) is 20.0. The zero-order valence-corrected chi connectivity index (χ0v) is 16.4. The predicted octanol–water partition coefficient (Wildman–Crippen LogP) is 7.00. The molecule has 0 N–H and O–H groups in total. The SMILES string of the molecule is CCCCCC1CCC(c2ccc(CCc3cnc(F)c(F)c3)cc2)CC1. The maximum atomic E-state index is 13.2. The Kier molecular flexibility index (Phi) is 7.37. The van der Waals surface area contributed by atoms with Crippen LogP contribution < -0.4 is 0 Å². The number of unbranched alkanes of at least 4 members (excludes halogenated alkanes) is 2. The van der Waals surface area contributed by atoms with Gasteiger partial charge < -0.3 is 0 Å². The van der Waals surface area contributed by atoms with E-state index in [1.165, 1.54) is 74.8 Å². The summed E-state index contributed by atoms with van der Waals surface area (Å²) in [6.45, 7) is 2.27. The van der Waals surface area contributed by atoms with Gasteiger partial charge >= 0.3 is 0 Å². The Bertz CT molecular complexity index is 703. The molecule has 3 rings (SSSR count). The van der Waals surface area contributed by atoms with Crippen molar-refractivity contribution in [3.05, 3.63) is 65.0 Å². The van der Waals surface area contributed by atoms with E-state index in [1.807, 2.05) is 0 Å². The molecule has 1 aliphatic rings. The third-order valence-corrected chi connectivity index (χ3v) is 6.07. The smallest absolute Gasteiger partial charge is 0.225 e. The Hall–Kier alpha value is -1.77. The van der Waals surface area contributed by atoms with Gasteiger partial charge in [0, 0.05) is 6.20 Å². The first-order chi connectivity index (χ1) is 13.2. The largest absolute Gasteiger partial charge is 0.248 e. The fraction of sp³-hybridized carbons (Fsp3) is 0.542. The number of benzene rings is 1. The summed E-state index contributed by atoms with van der Waals surface area (Å²) in [4.78, 5) is 3.45. The van der Waals surface area contributed by atoms with Crippen LogP contribution in [-0.2, 0) is 12.8 Å². The highest BCUT2D eigenvalue weighted by Crippen LogP contribution is 2.37. The van der Waals surface area contributed by atoms with Crippen LogP contribution in [0.3, 0.4) is 0 Å². The molecule has 0 unspecified atom stereocenters.